The van der Waals surface area contributed by atoms with Gasteiger partial charge < -0.3 is 10.2 Å². The van der Waals surface area contributed by atoms with Crippen LogP contribution >= 0.6 is 12.6 Å². The lowest BCUT2D eigenvalue weighted by atomic mass is 10.1. The summed E-state index contributed by atoms with van der Waals surface area (Å²) in [6, 6.07) is 9.09. The highest BCUT2D eigenvalue weighted by Gasteiger charge is 2.01. The minimum atomic E-state index is -0.842. The van der Waals surface area contributed by atoms with Gasteiger partial charge in [0, 0.05) is 5.75 Å². The first-order valence-corrected chi connectivity index (χ1v) is 5.90. The molecule has 88 valence electrons. The molecule has 0 fully saturated rings. The minimum absolute atomic E-state index is 0.272. The molecule has 0 spiro atoms. The normalized spacial score (nSPS) is 12.6. The third kappa shape index (κ3) is 5.82. The molecule has 0 aliphatic rings. The maximum Gasteiger partial charge on any atom is 0.140 e. The van der Waals surface area contributed by atoms with E-state index in [2.05, 4.69) is 24.5 Å². The van der Waals surface area contributed by atoms with Gasteiger partial charge in [0.1, 0.15) is 12.2 Å². The Hall–Kier alpha value is -0.950. The summed E-state index contributed by atoms with van der Waals surface area (Å²) < 4.78 is 0. The number of rotatable bonds is 2. The largest absolute Gasteiger partial charge is 0.380 e. The lowest BCUT2D eigenvalue weighted by molar-refractivity contribution is 0.234. The molecule has 0 radical (unpaired) electrons. The topological polar surface area (TPSA) is 40.5 Å². The van der Waals surface area contributed by atoms with Crippen LogP contribution in [0.3, 0.4) is 0 Å². The van der Waals surface area contributed by atoms with Crippen molar-refractivity contribution in [3.8, 4) is 11.8 Å². The van der Waals surface area contributed by atoms with E-state index in [0.29, 0.717) is 0 Å². The van der Waals surface area contributed by atoms with Crippen LogP contribution < -0.4 is 0 Å². The van der Waals surface area contributed by atoms with E-state index >= 15 is 0 Å². The van der Waals surface area contributed by atoms with E-state index in [0.717, 1.165) is 5.56 Å². The summed E-state index contributed by atoms with van der Waals surface area (Å²) >= 11 is 3.87. The number of hydrogen-bond acceptors (Lipinski definition) is 3. The molecule has 0 saturated carbocycles. The number of aliphatic hydroxyl groups excluding tert-OH is 2. The van der Waals surface area contributed by atoms with Gasteiger partial charge in [-0.25, -0.2) is 0 Å². The molecule has 3 heteroatoms. The van der Waals surface area contributed by atoms with Crippen molar-refractivity contribution >= 4 is 12.6 Å². The summed E-state index contributed by atoms with van der Waals surface area (Å²) in [7, 11) is 0. The standard InChI is InChI=1S/C11H12O2S.C2H6/c12-10(8-14)6-7-11(13)9-4-2-1-3-5-9;1-2/h1-5,10-14H,8H2;1-2H3. The van der Waals surface area contributed by atoms with Crippen LogP contribution in [0.5, 0.6) is 0 Å². The van der Waals surface area contributed by atoms with Crippen LogP contribution in [0.1, 0.15) is 25.5 Å². The quantitative estimate of drug-likeness (QED) is 0.545. The Bertz CT molecular complexity index is 327. The molecular formula is C13H18O2S. The molecule has 0 aliphatic heterocycles. The van der Waals surface area contributed by atoms with E-state index in [4.69, 9.17) is 5.11 Å². The van der Waals surface area contributed by atoms with Crippen molar-refractivity contribution in [2.45, 2.75) is 26.1 Å². The maximum atomic E-state index is 9.56. The van der Waals surface area contributed by atoms with E-state index in [-0.39, 0.29) is 5.75 Å². The Balaban J connectivity index is 0.00000106. The average molecular weight is 238 g/mol. The molecular weight excluding hydrogens is 220 g/mol. The summed E-state index contributed by atoms with van der Waals surface area (Å²) in [5.41, 5.74) is 0.728. The predicted molar refractivity (Wildman–Crippen MR) is 70.4 cm³/mol. The van der Waals surface area contributed by atoms with Crippen LogP contribution in [0.2, 0.25) is 0 Å². The number of aliphatic hydroxyl groups is 2. The van der Waals surface area contributed by atoms with Gasteiger partial charge in [-0.1, -0.05) is 56.0 Å². The molecule has 1 rings (SSSR count). The van der Waals surface area contributed by atoms with E-state index in [1.165, 1.54) is 0 Å². The van der Waals surface area contributed by atoms with Gasteiger partial charge in [0.25, 0.3) is 0 Å². The van der Waals surface area contributed by atoms with Gasteiger partial charge in [-0.2, -0.15) is 12.6 Å². The van der Waals surface area contributed by atoms with E-state index in [1.807, 2.05) is 32.0 Å². The van der Waals surface area contributed by atoms with Crippen LogP contribution in [0.15, 0.2) is 30.3 Å². The van der Waals surface area contributed by atoms with Crippen LogP contribution in [0.4, 0.5) is 0 Å². The van der Waals surface area contributed by atoms with Crippen LogP contribution in [0, 0.1) is 11.8 Å². The van der Waals surface area contributed by atoms with Gasteiger partial charge in [-0.05, 0) is 5.56 Å². The summed E-state index contributed by atoms with van der Waals surface area (Å²) in [6.07, 6.45) is -1.62. The van der Waals surface area contributed by atoms with E-state index in [1.54, 1.807) is 12.1 Å². The summed E-state index contributed by atoms with van der Waals surface area (Å²) in [6.45, 7) is 4.00. The predicted octanol–water partition coefficient (Wildman–Crippen LogP) is 2.04. The van der Waals surface area contributed by atoms with Crippen LogP contribution in [-0.2, 0) is 0 Å². The Labute approximate surface area is 103 Å². The lowest BCUT2D eigenvalue weighted by Gasteiger charge is -2.02. The van der Waals surface area contributed by atoms with E-state index < -0.39 is 12.2 Å². The third-order valence-electron chi connectivity index (χ3n) is 1.67. The molecule has 1 aromatic rings. The molecule has 0 heterocycles. The van der Waals surface area contributed by atoms with Gasteiger partial charge in [-0.3, -0.25) is 0 Å². The minimum Gasteiger partial charge on any atom is -0.380 e. The molecule has 1 aromatic carbocycles. The molecule has 16 heavy (non-hydrogen) atoms. The van der Waals surface area contributed by atoms with Crippen molar-refractivity contribution in [1.82, 2.24) is 0 Å². The van der Waals surface area contributed by atoms with Crippen molar-refractivity contribution in [3.63, 3.8) is 0 Å². The summed E-state index contributed by atoms with van der Waals surface area (Å²) in [5, 5.41) is 18.6. The Morgan fingerprint density at radius 2 is 1.69 bits per heavy atom. The zero-order valence-corrected chi connectivity index (χ0v) is 10.5. The summed E-state index contributed by atoms with van der Waals surface area (Å²) in [5.74, 6) is 5.34. The van der Waals surface area contributed by atoms with Crippen LogP contribution in [0.25, 0.3) is 0 Å². The Morgan fingerprint density at radius 3 is 2.19 bits per heavy atom. The number of thiol groups is 1. The maximum absolute atomic E-state index is 9.56. The second kappa shape index (κ2) is 9.29. The molecule has 2 N–H and O–H groups in total. The molecule has 0 bridgehead atoms. The molecule has 0 aromatic heterocycles. The van der Waals surface area contributed by atoms with Crippen LogP contribution in [-0.4, -0.2) is 22.1 Å². The fraction of sp³-hybridized carbons (Fsp3) is 0.385. The van der Waals surface area contributed by atoms with Crippen molar-refractivity contribution in [2.75, 3.05) is 5.75 Å². The first kappa shape index (κ1) is 15.0. The number of hydrogen-bond donors (Lipinski definition) is 3. The molecule has 2 unspecified atom stereocenters. The van der Waals surface area contributed by atoms with Gasteiger partial charge in [0.05, 0.1) is 0 Å². The second-order valence-corrected chi connectivity index (χ2v) is 3.17. The highest BCUT2D eigenvalue weighted by Crippen LogP contribution is 2.10. The smallest absolute Gasteiger partial charge is 0.140 e. The molecule has 2 atom stereocenters. The Kier molecular flexibility index (Phi) is 8.74. The number of benzene rings is 1. The second-order valence-electron chi connectivity index (χ2n) is 2.80. The van der Waals surface area contributed by atoms with Crippen molar-refractivity contribution < 1.29 is 10.2 Å². The fourth-order valence-electron chi connectivity index (χ4n) is 0.939. The zero-order valence-electron chi connectivity index (χ0n) is 9.59. The zero-order chi connectivity index (χ0) is 12.4. The SMILES string of the molecule is CC.OC(C#CC(O)c1ccccc1)CS. The average Bonchev–Trinajstić information content (AvgIpc) is 2.38. The van der Waals surface area contributed by atoms with Gasteiger partial charge in [-0.15, -0.1) is 0 Å². The lowest BCUT2D eigenvalue weighted by Crippen LogP contribution is -2.04. The first-order valence-electron chi connectivity index (χ1n) is 5.27. The third-order valence-corrected chi connectivity index (χ3v) is 2.02. The van der Waals surface area contributed by atoms with Crippen molar-refractivity contribution in [1.29, 1.82) is 0 Å². The summed E-state index contributed by atoms with van der Waals surface area (Å²) in [4.78, 5) is 0. The highest BCUT2D eigenvalue weighted by molar-refractivity contribution is 7.80. The van der Waals surface area contributed by atoms with Gasteiger partial charge in [0.2, 0.25) is 0 Å². The van der Waals surface area contributed by atoms with Gasteiger partial charge in [0.15, 0.2) is 0 Å². The fourth-order valence-corrected chi connectivity index (χ4v) is 1.03. The molecule has 0 aliphatic carbocycles. The Morgan fingerprint density at radius 1 is 1.12 bits per heavy atom. The van der Waals surface area contributed by atoms with E-state index in [9.17, 15) is 5.11 Å². The molecule has 2 nitrogen and oxygen atoms in total. The first-order chi connectivity index (χ1) is 7.74. The van der Waals surface area contributed by atoms with Crippen molar-refractivity contribution in [3.05, 3.63) is 35.9 Å². The molecule has 0 saturated heterocycles. The van der Waals surface area contributed by atoms with Gasteiger partial charge >= 0.3 is 0 Å². The molecule has 0 amide bonds. The van der Waals surface area contributed by atoms with Crippen molar-refractivity contribution in [2.24, 2.45) is 0 Å². The monoisotopic (exact) mass is 238 g/mol. The highest BCUT2D eigenvalue weighted by atomic mass is 32.1.